The van der Waals surface area contributed by atoms with Gasteiger partial charge in [0.2, 0.25) is 0 Å². The molecule has 0 amide bonds. The smallest absolute Gasteiger partial charge is 0.144 e. The molecule has 2 rings (SSSR count). The number of hydrogen-bond donors (Lipinski definition) is 2. The van der Waals surface area contributed by atoms with Gasteiger partial charge in [-0.2, -0.15) is 0 Å². The van der Waals surface area contributed by atoms with Gasteiger partial charge in [0.25, 0.3) is 0 Å². The van der Waals surface area contributed by atoms with Gasteiger partial charge < -0.3 is 5.43 Å². The zero-order chi connectivity index (χ0) is 12.6. The number of nitrogens with two attached hydrogens (primary N) is 1. The Hall–Kier alpha value is -0.840. The summed E-state index contributed by atoms with van der Waals surface area (Å²) >= 11 is 9.65. The minimum Gasteiger partial charge on any atom is -0.308 e. The van der Waals surface area contributed by atoms with Crippen molar-refractivity contribution in [3.63, 3.8) is 0 Å². The summed E-state index contributed by atoms with van der Waals surface area (Å²) in [6.45, 7) is 4.19. The lowest BCUT2D eigenvalue weighted by atomic mass is 10.0. The van der Waals surface area contributed by atoms with E-state index in [0.29, 0.717) is 16.8 Å². The molecule has 1 aromatic carbocycles. The van der Waals surface area contributed by atoms with Crippen LogP contribution in [0, 0.1) is 0 Å². The standard InChI is InChI=1S/C12H13BrClN3/c1-6(2)7-5-8-10(14)4-3-9(13)11(8)16-12(7)17-15/h3-6H,15H2,1-2H3,(H,16,17). The molecule has 0 saturated carbocycles. The maximum absolute atomic E-state index is 6.19. The first-order valence-corrected chi connectivity index (χ1v) is 6.47. The van der Waals surface area contributed by atoms with Crippen LogP contribution in [0.25, 0.3) is 10.9 Å². The average Bonchev–Trinajstić information content (AvgIpc) is 2.32. The van der Waals surface area contributed by atoms with Gasteiger partial charge in [0.1, 0.15) is 5.82 Å². The second kappa shape index (κ2) is 4.80. The summed E-state index contributed by atoms with van der Waals surface area (Å²) < 4.78 is 0.906. The molecule has 0 unspecified atom stereocenters. The van der Waals surface area contributed by atoms with Crippen molar-refractivity contribution in [2.45, 2.75) is 19.8 Å². The summed E-state index contributed by atoms with van der Waals surface area (Å²) in [6.07, 6.45) is 0. The van der Waals surface area contributed by atoms with E-state index in [-0.39, 0.29) is 0 Å². The molecule has 1 heterocycles. The Morgan fingerprint density at radius 2 is 2.12 bits per heavy atom. The molecular weight excluding hydrogens is 302 g/mol. The number of halogens is 2. The van der Waals surface area contributed by atoms with Crippen molar-refractivity contribution in [3.05, 3.63) is 33.3 Å². The number of pyridine rings is 1. The van der Waals surface area contributed by atoms with Crippen LogP contribution in [-0.2, 0) is 0 Å². The van der Waals surface area contributed by atoms with Crippen LogP contribution in [-0.4, -0.2) is 4.98 Å². The van der Waals surface area contributed by atoms with Crippen LogP contribution in [0.1, 0.15) is 25.3 Å². The molecule has 1 aromatic heterocycles. The van der Waals surface area contributed by atoms with Gasteiger partial charge in [0.15, 0.2) is 0 Å². The molecule has 0 atom stereocenters. The molecule has 0 aliphatic heterocycles. The number of fused-ring (bicyclic) bond motifs is 1. The van der Waals surface area contributed by atoms with Gasteiger partial charge in [-0.3, -0.25) is 0 Å². The molecule has 0 fully saturated rings. The zero-order valence-corrected chi connectivity index (χ0v) is 11.9. The molecule has 0 radical (unpaired) electrons. The summed E-state index contributed by atoms with van der Waals surface area (Å²) in [6, 6.07) is 5.78. The molecular formula is C12H13BrClN3. The minimum atomic E-state index is 0.327. The Labute approximate surface area is 113 Å². The number of nitrogens with one attached hydrogen (secondary N) is 1. The molecule has 0 aliphatic rings. The Morgan fingerprint density at radius 3 is 2.71 bits per heavy atom. The van der Waals surface area contributed by atoms with Crippen molar-refractivity contribution in [2.75, 3.05) is 5.43 Å². The van der Waals surface area contributed by atoms with E-state index in [1.165, 1.54) is 0 Å². The van der Waals surface area contributed by atoms with E-state index in [1.807, 2.05) is 18.2 Å². The van der Waals surface area contributed by atoms with Crippen molar-refractivity contribution < 1.29 is 0 Å². The fourth-order valence-electron chi connectivity index (χ4n) is 1.76. The average molecular weight is 315 g/mol. The second-order valence-corrected chi connectivity index (χ2v) is 5.41. The summed E-state index contributed by atoms with van der Waals surface area (Å²) in [5.41, 5.74) is 4.51. The van der Waals surface area contributed by atoms with E-state index in [9.17, 15) is 0 Å². The quantitative estimate of drug-likeness (QED) is 0.649. The van der Waals surface area contributed by atoms with Crippen LogP contribution >= 0.6 is 27.5 Å². The van der Waals surface area contributed by atoms with Crippen LogP contribution in [0.5, 0.6) is 0 Å². The Bertz CT molecular complexity index is 569. The molecule has 0 aliphatic carbocycles. The number of aromatic nitrogens is 1. The topological polar surface area (TPSA) is 50.9 Å². The van der Waals surface area contributed by atoms with Gasteiger partial charge in [0.05, 0.1) is 10.5 Å². The van der Waals surface area contributed by atoms with Crippen molar-refractivity contribution in [3.8, 4) is 0 Å². The third-order valence-electron chi connectivity index (χ3n) is 2.67. The third-order valence-corrected chi connectivity index (χ3v) is 3.64. The third kappa shape index (κ3) is 2.25. The van der Waals surface area contributed by atoms with E-state index < -0.39 is 0 Å². The molecule has 3 nitrogen and oxygen atoms in total. The first-order valence-electron chi connectivity index (χ1n) is 5.30. The molecule has 3 N–H and O–H groups in total. The molecule has 90 valence electrons. The zero-order valence-electron chi connectivity index (χ0n) is 9.59. The minimum absolute atomic E-state index is 0.327. The van der Waals surface area contributed by atoms with Gasteiger partial charge in [-0.05, 0) is 45.6 Å². The van der Waals surface area contributed by atoms with E-state index in [4.69, 9.17) is 17.4 Å². The Kier molecular flexibility index (Phi) is 3.56. The Balaban J connectivity index is 2.83. The lowest BCUT2D eigenvalue weighted by Crippen LogP contribution is -2.12. The highest BCUT2D eigenvalue weighted by Gasteiger charge is 2.12. The predicted octanol–water partition coefficient (Wildman–Crippen LogP) is 4.06. The normalized spacial score (nSPS) is 11.2. The fraction of sp³-hybridized carbons (Fsp3) is 0.250. The molecule has 0 saturated heterocycles. The number of anilines is 1. The molecule has 17 heavy (non-hydrogen) atoms. The van der Waals surface area contributed by atoms with Gasteiger partial charge in [-0.25, -0.2) is 10.8 Å². The van der Waals surface area contributed by atoms with Gasteiger partial charge in [-0.1, -0.05) is 25.4 Å². The highest BCUT2D eigenvalue weighted by Crippen LogP contribution is 2.33. The van der Waals surface area contributed by atoms with Crippen molar-refractivity contribution in [1.82, 2.24) is 4.98 Å². The highest BCUT2D eigenvalue weighted by molar-refractivity contribution is 9.10. The monoisotopic (exact) mass is 313 g/mol. The van der Waals surface area contributed by atoms with Crippen LogP contribution in [0.2, 0.25) is 5.02 Å². The van der Waals surface area contributed by atoms with E-state index in [0.717, 1.165) is 20.9 Å². The lowest BCUT2D eigenvalue weighted by molar-refractivity contribution is 0.862. The van der Waals surface area contributed by atoms with Gasteiger partial charge in [-0.15, -0.1) is 0 Å². The first-order chi connectivity index (χ1) is 8.04. The second-order valence-electron chi connectivity index (χ2n) is 4.15. The SMILES string of the molecule is CC(C)c1cc2c(Cl)ccc(Br)c2nc1NN. The first kappa shape index (κ1) is 12.6. The van der Waals surface area contributed by atoms with E-state index >= 15 is 0 Å². The maximum Gasteiger partial charge on any atom is 0.144 e. The number of hydrogen-bond acceptors (Lipinski definition) is 3. The van der Waals surface area contributed by atoms with Crippen LogP contribution in [0.15, 0.2) is 22.7 Å². The van der Waals surface area contributed by atoms with Crippen molar-refractivity contribution in [2.24, 2.45) is 5.84 Å². The van der Waals surface area contributed by atoms with E-state index in [1.54, 1.807) is 0 Å². The summed E-state index contributed by atoms with van der Waals surface area (Å²) in [7, 11) is 0. The van der Waals surface area contributed by atoms with Gasteiger partial charge in [0, 0.05) is 9.86 Å². The number of rotatable bonds is 2. The van der Waals surface area contributed by atoms with E-state index in [2.05, 4.69) is 40.2 Å². The van der Waals surface area contributed by atoms with Crippen molar-refractivity contribution >= 4 is 44.3 Å². The highest BCUT2D eigenvalue weighted by atomic mass is 79.9. The van der Waals surface area contributed by atoms with Crippen LogP contribution in [0.4, 0.5) is 5.82 Å². The lowest BCUT2D eigenvalue weighted by Gasteiger charge is -2.14. The molecule has 0 bridgehead atoms. The fourth-order valence-corrected chi connectivity index (χ4v) is 2.41. The molecule has 0 spiro atoms. The largest absolute Gasteiger partial charge is 0.308 e. The maximum atomic E-state index is 6.19. The number of hydrazine groups is 1. The van der Waals surface area contributed by atoms with Crippen LogP contribution in [0.3, 0.4) is 0 Å². The Morgan fingerprint density at radius 1 is 1.41 bits per heavy atom. The summed E-state index contributed by atoms with van der Waals surface area (Å²) in [4.78, 5) is 4.51. The summed E-state index contributed by atoms with van der Waals surface area (Å²) in [5, 5.41) is 1.63. The number of nitrogens with zero attached hydrogens (tertiary/aromatic N) is 1. The van der Waals surface area contributed by atoms with Crippen LogP contribution < -0.4 is 11.3 Å². The number of benzene rings is 1. The van der Waals surface area contributed by atoms with Crippen molar-refractivity contribution in [1.29, 1.82) is 0 Å². The summed E-state index contributed by atoms with van der Waals surface area (Å²) in [5.74, 6) is 6.52. The molecule has 5 heteroatoms. The predicted molar refractivity (Wildman–Crippen MR) is 76.4 cm³/mol. The number of nitrogen functional groups attached to an aromatic ring is 1. The van der Waals surface area contributed by atoms with Gasteiger partial charge >= 0.3 is 0 Å². The molecule has 2 aromatic rings.